The standard InChI is InChI=1S/C15H18O3S/c1-4-6-14(16)15(7-5-2)19(17,18)13-10-8-12(3)9-11-13/h4-11,14,16H,2H2,1,3H3/b6-4+,15-7+/t14-/m1/s1. The molecule has 1 rings (SSSR count). The van der Waals surface area contributed by atoms with E-state index in [9.17, 15) is 13.5 Å². The SMILES string of the molecule is C=C/C=C(\[C@H](O)/C=C/C)S(=O)(=O)c1ccc(C)cc1. The summed E-state index contributed by atoms with van der Waals surface area (Å²) in [5.41, 5.74) is 0.974. The molecule has 0 spiro atoms. The summed E-state index contributed by atoms with van der Waals surface area (Å²) < 4.78 is 24.9. The van der Waals surface area contributed by atoms with Crippen molar-refractivity contribution in [3.05, 3.63) is 65.6 Å². The molecule has 1 N–H and O–H groups in total. The van der Waals surface area contributed by atoms with Crippen molar-refractivity contribution in [3.63, 3.8) is 0 Å². The molecule has 1 atom stereocenters. The van der Waals surface area contributed by atoms with Crippen molar-refractivity contribution in [1.82, 2.24) is 0 Å². The molecule has 102 valence electrons. The summed E-state index contributed by atoms with van der Waals surface area (Å²) in [6.45, 7) is 7.08. The number of rotatable bonds is 5. The zero-order chi connectivity index (χ0) is 14.5. The molecule has 0 unspecified atom stereocenters. The number of aliphatic hydroxyl groups excluding tert-OH is 1. The average molecular weight is 278 g/mol. The number of aryl methyl sites for hydroxylation is 1. The van der Waals surface area contributed by atoms with Gasteiger partial charge in [-0.2, -0.15) is 0 Å². The highest BCUT2D eigenvalue weighted by molar-refractivity contribution is 7.95. The Labute approximate surface area is 114 Å². The van der Waals surface area contributed by atoms with Gasteiger partial charge in [0.2, 0.25) is 9.84 Å². The normalized spacial score (nSPS) is 14.6. The van der Waals surface area contributed by atoms with Crippen molar-refractivity contribution in [1.29, 1.82) is 0 Å². The minimum absolute atomic E-state index is 0.0792. The third kappa shape index (κ3) is 3.66. The van der Waals surface area contributed by atoms with Crippen LogP contribution >= 0.6 is 0 Å². The number of benzene rings is 1. The molecule has 1 aromatic rings. The maximum atomic E-state index is 12.4. The Kier molecular flexibility index (Phi) is 5.27. The van der Waals surface area contributed by atoms with Gasteiger partial charge in [0.15, 0.2) is 0 Å². The molecule has 0 bridgehead atoms. The summed E-state index contributed by atoms with van der Waals surface area (Å²) >= 11 is 0. The quantitative estimate of drug-likeness (QED) is 0.665. The molecule has 4 heteroatoms. The van der Waals surface area contributed by atoms with Gasteiger partial charge in [-0.05, 0) is 32.1 Å². The Bertz CT molecular complexity index is 593. The van der Waals surface area contributed by atoms with Gasteiger partial charge in [0, 0.05) is 0 Å². The molecule has 0 aliphatic heterocycles. The number of hydrogen-bond acceptors (Lipinski definition) is 3. The Balaban J connectivity index is 3.32. The molecule has 0 aromatic heterocycles. The van der Waals surface area contributed by atoms with E-state index >= 15 is 0 Å². The molecular weight excluding hydrogens is 260 g/mol. The van der Waals surface area contributed by atoms with Crippen LogP contribution in [0.15, 0.2) is 64.9 Å². The summed E-state index contributed by atoms with van der Waals surface area (Å²) in [4.78, 5) is 0.0826. The van der Waals surface area contributed by atoms with Crippen LogP contribution in [0, 0.1) is 6.92 Å². The Morgan fingerprint density at radius 2 is 1.89 bits per heavy atom. The van der Waals surface area contributed by atoms with E-state index in [-0.39, 0.29) is 9.80 Å². The van der Waals surface area contributed by atoms with Crippen molar-refractivity contribution in [3.8, 4) is 0 Å². The van der Waals surface area contributed by atoms with Crippen molar-refractivity contribution < 1.29 is 13.5 Å². The van der Waals surface area contributed by atoms with Crippen LogP contribution in [0.3, 0.4) is 0 Å². The van der Waals surface area contributed by atoms with Crippen LogP contribution in [0.2, 0.25) is 0 Å². The van der Waals surface area contributed by atoms with E-state index < -0.39 is 15.9 Å². The predicted molar refractivity (Wildman–Crippen MR) is 77.5 cm³/mol. The van der Waals surface area contributed by atoms with E-state index in [4.69, 9.17) is 0 Å². The second-order valence-electron chi connectivity index (χ2n) is 4.09. The number of hydrogen-bond donors (Lipinski definition) is 1. The van der Waals surface area contributed by atoms with E-state index in [1.54, 1.807) is 25.1 Å². The van der Waals surface area contributed by atoms with Crippen LogP contribution in [-0.4, -0.2) is 19.6 Å². The van der Waals surface area contributed by atoms with Gasteiger partial charge in [-0.1, -0.05) is 42.5 Å². The first-order chi connectivity index (χ1) is 8.93. The Morgan fingerprint density at radius 3 is 2.37 bits per heavy atom. The van der Waals surface area contributed by atoms with Gasteiger partial charge in [0.05, 0.1) is 9.80 Å². The third-order valence-electron chi connectivity index (χ3n) is 2.59. The molecule has 0 heterocycles. The maximum absolute atomic E-state index is 12.4. The molecule has 0 fully saturated rings. The second kappa shape index (κ2) is 6.50. The number of sulfone groups is 1. The molecule has 0 aliphatic carbocycles. The van der Waals surface area contributed by atoms with Crippen LogP contribution in [0.4, 0.5) is 0 Å². The maximum Gasteiger partial charge on any atom is 0.205 e. The van der Waals surface area contributed by atoms with Crippen LogP contribution in [-0.2, 0) is 9.84 Å². The fourth-order valence-electron chi connectivity index (χ4n) is 1.59. The zero-order valence-electron chi connectivity index (χ0n) is 11.1. The summed E-state index contributed by atoms with van der Waals surface area (Å²) in [5.74, 6) is 0. The largest absolute Gasteiger partial charge is 0.384 e. The second-order valence-corrected chi connectivity index (χ2v) is 6.04. The van der Waals surface area contributed by atoms with Crippen LogP contribution in [0.1, 0.15) is 12.5 Å². The van der Waals surface area contributed by atoms with Gasteiger partial charge in [-0.3, -0.25) is 0 Å². The average Bonchev–Trinajstić information content (AvgIpc) is 2.36. The highest BCUT2D eigenvalue weighted by Crippen LogP contribution is 2.23. The first-order valence-electron chi connectivity index (χ1n) is 5.88. The van der Waals surface area contributed by atoms with E-state index in [1.165, 1.54) is 30.4 Å². The number of allylic oxidation sites excluding steroid dienone is 3. The lowest BCUT2D eigenvalue weighted by Gasteiger charge is -2.12. The van der Waals surface area contributed by atoms with Crippen molar-refractivity contribution in [2.24, 2.45) is 0 Å². The summed E-state index contributed by atoms with van der Waals surface area (Å²) in [6.07, 6.45) is 4.52. The fraction of sp³-hybridized carbons (Fsp3) is 0.200. The first kappa shape index (κ1) is 15.4. The number of aliphatic hydroxyl groups is 1. The molecule has 19 heavy (non-hydrogen) atoms. The third-order valence-corrected chi connectivity index (χ3v) is 4.48. The van der Waals surface area contributed by atoms with Gasteiger partial charge in [0.25, 0.3) is 0 Å². The van der Waals surface area contributed by atoms with Crippen LogP contribution in [0.25, 0.3) is 0 Å². The van der Waals surface area contributed by atoms with E-state index in [2.05, 4.69) is 6.58 Å². The highest BCUT2D eigenvalue weighted by Gasteiger charge is 2.24. The minimum Gasteiger partial charge on any atom is -0.384 e. The topological polar surface area (TPSA) is 54.4 Å². The summed E-state index contributed by atoms with van der Waals surface area (Å²) in [6, 6.07) is 6.51. The highest BCUT2D eigenvalue weighted by atomic mass is 32.2. The van der Waals surface area contributed by atoms with E-state index in [0.717, 1.165) is 5.56 Å². The lowest BCUT2D eigenvalue weighted by Crippen LogP contribution is -2.16. The Hall–Kier alpha value is -1.65. The molecule has 0 aliphatic rings. The monoisotopic (exact) mass is 278 g/mol. The predicted octanol–water partition coefficient (Wildman–Crippen LogP) is 2.78. The molecule has 0 saturated heterocycles. The minimum atomic E-state index is -3.71. The lowest BCUT2D eigenvalue weighted by molar-refractivity contribution is 0.266. The van der Waals surface area contributed by atoms with Gasteiger partial charge in [-0.25, -0.2) is 8.42 Å². The molecular formula is C15H18O3S. The van der Waals surface area contributed by atoms with Gasteiger partial charge < -0.3 is 5.11 Å². The van der Waals surface area contributed by atoms with E-state index in [1.807, 2.05) is 6.92 Å². The van der Waals surface area contributed by atoms with Gasteiger partial charge >= 0.3 is 0 Å². The fourth-order valence-corrected chi connectivity index (χ4v) is 3.03. The zero-order valence-corrected chi connectivity index (χ0v) is 11.9. The van der Waals surface area contributed by atoms with Crippen molar-refractivity contribution in [2.75, 3.05) is 0 Å². The van der Waals surface area contributed by atoms with Gasteiger partial charge in [-0.15, -0.1) is 0 Å². The molecule has 1 aromatic carbocycles. The molecule has 3 nitrogen and oxygen atoms in total. The van der Waals surface area contributed by atoms with Crippen LogP contribution in [0.5, 0.6) is 0 Å². The summed E-state index contributed by atoms with van der Waals surface area (Å²) in [5, 5.41) is 9.91. The first-order valence-corrected chi connectivity index (χ1v) is 7.37. The molecule has 0 amide bonds. The summed E-state index contributed by atoms with van der Waals surface area (Å²) in [7, 11) is -3.71. The Morgan fingerprint density at radius 1 is 1.32 bits per heavy atom. The van der Waals surface area contributed by atoms with Crippen molar-refractivity contribution >= 4 is 9.84 Å². The van der Waals surface area contributed by atoms with Gasteiger partial charge in [0.1, 0.15) is 6.10 Å². The smallest absolute Gasteiger partial charge is 0.205 e. The van der Waals surface area contributed by atoms with Crippen molar-refractivity contribution in [2.45, 2.75) is 24.8 Å². The lowest BCUT2D eigenvalue weighted by atomic mass is 10.2. The van der Waals surface area contributed by atoms with E-state index in [0.29, 0.717) is 0 Å². The van der Waals surface area contributed by atoms with Crippen LogP contribution < -0.4 is 0 Å². The molecule has 0 radical (unpaired) electrons. The molecule has 0 saturated carbocycles.